The van der Waals surface area contributed by atoms with E-state index in [4.69, 9.17) is 11.6 Å². The topological polar surface area (TPSA) is 29.1 Å². The zero-order valence-corrected chi connectivity index (χ0v) is 8.75. The van der Waals surface area contributed by atoms with E-state index in [0.717, 1.165) is 6.07 Å². The van der Waals surface area contributed by atoms with Crippen LogP contribution in [0, 0.1) is 0 Å². The summed E-state index contributed by atoms with van der Waals surface area (Å²) in [5, 5.41) is -0.446. The lowest BCUT2D eigenvalue weighted by Gasteiger charge is -2.09. The van der Waals surface area contributed by atoms with Gasteiger partial charge < -0.3 is 0 Å². The van der Waals surface area contributed by atoms with Crippen LogP contribution in [0.5, 0.6) is 0 Å². The van der Waals surface area contributed by atoms with Gasteiger partial charge in [-0.1, -0.05) is 24.4 Å². The first-order chi connectivity index (χ1) is 6.86. The summed E-state index contributed by atoms with van der Waals surface area (Å²) in [5.41, 5.74) is -1.19. The number of carbonyl (C=O) groups excluding carboxylic acids is 1. The zero-order chi connectivity index (χ0) is 11.6. The number of benzene rings is 1. The van der Waals surface area contributed by atoms with E-state index in [0.29, 0.717) is 6.07 Å². The number of amides is 1. The Morgan fingerprint density at radius 1 is 1.40 bits per heavy atom. The predicted molar refractivity (Wildman–Crippen MR) is 52.9 cm³/mol. The van der Waals surface area contributed by atoms with Crippen molar-refractivity contribution in [1.29, 1.82) is 0 Å². The van der Waals surface area contributed by atoms with Gasteiger partial charge in [0, 0.05) is 5.56 Å². The Morgan fingerprint density at radius 3 is 2.47 bits per heavy atom. The molecule has 0 aliphatic heterocycles. The number of carbonyl (C=O) groups is 1. The van der Waals surface area contributed by atoms with Gasteiger partial charge in [0.1, 0.15) is 0 Å². The third-order valence-electron chi connectivity index (χ3n) is 1.64. The van der Waals surface area contributed by atoms with Crippen molar-refractivity contribution in [3.8, 4) is 0 Å². The number of hydrogen-bond donors (Lipinski definition) is 2. The third-order valence-corrected chi connectivity index (χ3v) is 2.17. The second-order valence-corrected chi connectivity index (χ2v) is 3.26. The van der Waals surface area contributed by atoms with E-state index in [1.54, 1.807) is 0 Å². The highest BCUT2D eigenvalue weighted by Gasteiger charge is 2.33. The number of nitrogens with one attached hydrogen (secondary N) is 1. The van der Waals surface area contributed by atoms with Gasteiger partial charge in [0.25, 0.3) is 5.91 Å². The largest absolute Gasteiger partial charge is 0.417 e. The summed E-state index contributed by atoms with van der Waals surface area (Å²) in [6.45, 7) is 0. The van der Waals surface area contributed by atoms with E-state index in [1.807, 2.05) is 4.72 Å². The molecule has 15 heavy (non-hydrogen) atoms. The monoisotopic (exact) mass is 255 g/mol. The highest BCUT2D eigenvalue weighted by Crippen LogP contribution is 2.35. The molecule has 1 N–H and O–H groups in total. The fraction of sp³-hybridized carbons (Fsp3) is 0.125. The number of thiol groups is 1. The highest BCUT2D eigenvalue weighted by atomic mass is 35.5. The lowest BCUT2D eigenvalue weighted by Crippen LogP contribution is -2.14. The van der Waals surface area contributed by atoms with Crippen LogP contribution < -0.4 is 4.72 Å². The van der Waals surface area contributed by atoms with Gasteiger partial charge in [-0.2, -0.15) is 13.2 Å². The summed E-state index contributed by atoms with van der Waals surface area (Å²) in [7, 11) is 0. The van der Waals surface area contributed by atoms with Crippen molar-refractivity contribution in [2.45, 2.75) is 6.18 Å². The van der Waals surface area contributed by atoms with Crippen molar-refractivity contribution in [3.63, 3.8) is 0 Å². The van der Waals surface area contributed by atoms with E-state index in [9.17, 15) is 18.0 Å². The summed E-state index contributed by atoms with van der Waals surface area (Å²) < 4.78 is 39.0. The molecular weight excluding hydrogens is 251 g/mol. The Balaban J connectivity index is 3.23. The van der Waals surface area contributed by atoms with Crippen LogP contribution >= 0.6 is 24.4 Å². The minimum Gasteiger partial charge on any atom is -0.299 e. The summed E-state index contributed by atoms with van der Waals surface area (Å²) in [5.74, 6) is -0.722. The van der Waals surface area contributed by atoms with Crippen LogP contribution in [-0.4, -0.2) is 5.91 Å². The molecule has 0 spiro atoms. The minimum absolute atomic E-state index is 0.151. The third kappa shape index (κ3) is 2.79. The molecule has 0 fully saturated rings. The first-order valence-electron chi connectivity index (χ1n) is 3.67. The van der Waals surface area contributed by atoms with Gasteiger partial charge >= 0.3 is 6.18 Å². The smallest absolute Gasteiger partial charge is 0.299 e. The SMILES string of the molecule is O=C(NS)c1ccc(Cl)c(C(F)(F)F)c1. The molecule has 1 aromatic rings. The summed E-state index contributed by atoms with van der Waals surface area (Å²) in [6.07, 6.45) is -4.58. The van der Waals surface area contributed by atoms with Crippen LogP contribution in [0.25, 0.3) is 0 Å². The normalized spacial score (nSPS) is 11.3. The van der Waals surface area contributed by atoms with Gasteiger partial charge in [-0.3, -0.25) is 9.52 Å². The van der Waals surface area contributed by atoms with Gasteiger partial charge in [-0.05, 0) is 18.2 Å². The highest BCUT2D eigenvalue weighted by molar-refractivity contribution is 7.78. The average molecular weight is 256 g/mol. The van der Waals surface area contributed by atoms with Gasteiger partial charge in [-0.25, -0.2) is 0 Å². The van der Waals surface area contributed by atoms with Crippen LogP contribution in [-0.2, 0) is 6.18 Å². The molecule has 0 aliphatic rings. The van der Waals surface area contributed by atoms with E-state index in [2.05, 4.69) is 12.8 Å². The number of hydrogen-bond acceptors (Lipinski definition) is 2. The Labute approximate surface area is 94.0 Å². The lowest BCUT2D eigenvalue weighted by atomic mass is 10.1. The maximum Gasteiger partial charge on any atom is 0.417 e. The summed E-state index contributed by atoms with van der Waals surface area (Å²) in [6, 6.07) is 2.87. The fourth-order valence-electron chi connectivity index (χ4n) is 0.948. The lowest BCUT2D eigenvalue weighted by molar-refractivity contribution is -0.137. The van der Waals surface area contributed by atoms with Gasteiger partial charge in [0.2, 0.25) is 0 Å². The van der Waals surface area contributed by atoms with Crippen molar-refractivity contribution < 1.29 is 18.0 Å². The Hall–Kier alpha value is -0.880. The number of alkyl halides is 3. The van der Waals surface area contributed by atoms with Gasteiger partial charge in [-0.15, -0.1) is 0 Å². The Bertz CT molecular complexity index is 394. The molecule has 0 aromatic heterocycles. The van der Waals surface area contributed by atoms with Gasteiger partial charge in [0.05, 0.1) is 10.6 Å². The molecule has 0 unspecified atom stereocenters. The predicted octanol–water partition coefficient (Wildman–Crippen LogP) is 2.93. The summed E-state index contributed by atoms with van der Waals surface area (Å²) in [4.78, 5) is 11.0. The van der Waals surface area contributed by atoms with Crippen molar-refractivity contribution in [3.05, 3.63) is 34.3 Å². The second kappa shape index (κ2) is 4.32. The van der Waals surface area contributed by atoms with Crippen molar-refractivity contribution in [1.82, 2.24) is 4.72 Å². The van der Waals surface area contributed by atoms with E-state index >= 15 is 0 Å². The van der Waals surface area contributed by atoms with E-state index < -0.39 is 22.7 Å². The molecule has 7 heteroatoms. The molecule has 0 bridgehead atoms. The molecule has 1 amide bonds. The van der Waals surface area contributed by atoms with Crippen molar-refractivity contribution >= 4 is 30.3 Å². The molecule has 0 radical (unpaired) electrons. The molecular formula is C8H5ClF3NOS. The molecule has 1 rings (SSSR count). The van der Waals surface area contributed by atoms with E-state index in [-0.39, 0.29) is 5.56 Å². The van der Waals surface area contributed by atoms with Crippen LogP contribution in [0.3, 0.4) is 0 Å². The molecule has 82 valence electrons. The zero-order valence-electron chi connectivity index (χ0n) is 7.10. The van der Waals surface area contributed by atoms with Crippen molar-refractivity contribution in [2.75, 3.05) is 0 Å². The van der Waals surface area contributed by atoms with Crippen LogP contribution in [0.4, 0.5) is 13.2 Å². The quantitative estimate of drug-likeness (QED) is 0.743. The maximum atomic E-state index is 12.4. The first kappa shape index (κ1) is 12.2. The van der Waals surface area contributed by atoms with Crippen LogP contribution in [0.1, 0.15) is 15.9 Å². The standard InChI is InChI=1S/C8H5ClF3NOS/c9-6-2-1-4(7(14)13-15)3-5(6)8(10,11)12/h1-3,15H,(H,13,14). The van der Waals surface area contributed by atoms with Crippen LogP contribution in [0.15, 0.2) is 18.2 Å². The molecule has 0 aliphatic carbocycles. The molecule has 0 atom stereocenters. The molecule has 1 aromatic carbocycles. The van der Waals surface area contributed by atoms with Crippen LogP contribution in [0.2, 0.25) is 5.02 Å². The maximum absolute atomic E-state index is 12.4. The minimum atomic E-state index is -4.58. The molecule has 0 saturated carbocycles. The molecule has 0 heterocycles. The number of halogens is 4. The first-order valence-corrected chi connectivity index (χ1v) is 4.50. The van der Waals surface area contributed by atoms with Crippen molar-refractivity contribution in [2.24, 2.45) is 0 Å². The van der Waals surface area contributed by atoms with Gasteiger partial charge in [0.15, 0.2) is 0 Å². The second-order valence-electron chi connectivity index (χ2n) is 2.63. The Kier molecular flexibility index (Phi) is 3.51. The molecule has 0 saturated heterocycles. The van der Waals surface area contributed by atoms with E-state index in [1.165, 1.54) is 6.07 Å². The summed E-state index contributed by atoms with van der Waals surface area (Å²) >= 11 is 8.80. The molecule has 2 nitrogen and oxygen atoms in total. The Morgan fingerprint density at radius 2 is 2.00 bits per heavy atom. The number of rotatable bonds is 1. The fourth-order valence-corrected chi connectivity index (χ4v) is 1.30. The average Bonchev–Trinajstić information content (AvgIpc) is 2.15.